The van der Waals surface area contributed by atoms with Gasteiger partial charge in [0.25, 0.3) is 5.56 Å². The molecule has 0 radical (unpaired) electrons. The second-order valence-electron chi connectivity index (χ2n) is 6.25. The van der Waals surface area contributed by atoms with Crippen molar-refractivity contribution in [1.82, 2.24) is 9.55 Å². The van der Waals surface area contributed by atoms with Crippen molar-refractivity contribution in [1.29, 1.82) is 0 Å². The molecule has 3 aromatic rings. The van der Waals surface area contributed by atoms with Gasteiger partial charge < -0.3 is 4.74 Å². The smallest absolute Gasteiger partial charge is 0.261 e. The molecule has 0 atom stereocenters. The summed E-state index contributed by atoms with van der Waals surface area (Å²) in [7, 11) is 0. The number of hydrogen-bond donors (Lipinski definition) is 0. The SMILES string of the molecule is CCc1ccc(Oc2nc3n(c(=O)c2Cc2ccccc2)CCS3)cc1. The molecule has 0 saturated heterocycles. The van der Waals surface area contributed by atoms with Crippen molar-refractivity contribution in [3.63, 3.8) is 0 Å². The fraction of sp³-hybridized carbons (Fsp3) is 0.238. The predicted molar refractivity (Wildman–Crippen MR) is 104 cm³/mol. The van der Waals surface area contributed by atoms with E-state index in [4.69, 9.17) is 4.74 Å². The minimum Gasteiger partial charge on any atom is -0.438 e. The molecule has 5 heteroatoms. The molecule has 2 aromatic carbocycles. The third kappa shape index (κ3) is 3.40. The first-order valence-electron chi connectivity index (χ1n) is 8.82. The largest absolute Gasteiger partial charge is 0.438 e. The van der Waals surface area contributed by atoms with E-state index in [2.05, 4.69) is 11.9 Å². The van der Waals surface area contributed by atoms with Crippen LogP contribution in [0.5, 0.6) is 11.6 Å². The first kappa shape index (κ1) is 16.9. The van der Waals surface area contributed by atoms with E-state index in [1.807, 2.05) is 54.6 Å². The van der Waals surface area contributed by atoms with Gasteiger partial charge in [0.1, 0.15) is 5.75 Å². The second-order valence-corrected chi connectivity index (χ2v) is 7.31. The van der Waals surface area contributed by atoms with Crippen LogP contribution < -0.4 is 10.3 Å². The molecule has 0 bridgehead atoms. The van der Waals surface area contributed by atoms with E-state index in [1.165, 1.54) is 5.56 Å². The van der Waals surface area contributed by atoms with Gasteiger partial charge in [0, 0.05) is 18.7 Å². The highest BCUT2D eigenvalue weighted by Gasteiger charge is 2.22. The zero-order valence-electron chi connectivity index (χ0n) is 14.6. The summed E-state index contributed by atoms with van der Waals surface area (Å²) in [6.07, 6.45) is 1.49. The van der Waals surface area contributed by atoms with Crippen molar-refractivity contribution >= 4 is 11.8 Å². The number of aryl methyl sites for hydroxylation is 1. The minimum absolute atomic E-state index is 0.00373. The Morgan fingerprint density at radius 2 is 1.85 bits per heavy atom. The van der Waals surface area contributed by atoms with E-state index in [-0.39, 0.29) is 5.56 Å². The lowest BCUT2D eigenvalue weighted by Crippen LogP contribution is -2.25. The number of hydrogen-bond acceptors (Lipinski definition) is 4. The van der Waals surface area contributed by atoms with E-state index < -0.39 is 0 Å². The zero-order chi connectivity index (χ0) is 17.9. The molecule has 0 amide bonds. The molecular weight excluding hydrogens is 344 g/mol. The van der Waals surface area contributed by atoms with Crippen molar-refractivity contribution in [3.05, 3.63) is 81.6 Å². The van der Waals surface area contributed by atoms with Gasteiger partial charge in [-0.15, -0.1) is 0 Å². The van der Waals surface area contributed by atoms with Crippen LogP contribution in [0.1, 0.15) is 23.6 Å². The number of nitrogens with zero attached hydrogens (tertiary/aromatic N) is 2. The maximum Gasteiger partial charge on any atom is 0.261 e. The summed E-state index contributed by atoms with van der Waals surface area (Å²) in [5, 5.41) is 0.743. The molecule has 0 N–H and O–H groups in total. The van der Waals surface area contributed by atoms with Gasteiger partial charge in [-0.2, -0.15) is 4.98 Å². The van der Waals surface area contributed by atoms with Crippen molar-refractivity contribution in [3.8, 4) is 11.6 Å². The predicted octanol–water partition coefficient (Wildman–Crippen LogP) is 4.29. The van der Waals surface area contributed by atoms with E-state index in [9.17, 15) is 4.79 Å². The van der Waals surface area contributed by atoms with Crippen molar-refractivity contribution in [2.75, 3.05) is 5.75 Å². The summed E-state index contributed by atoms with van der Waals surface area (Å²) in [6.45, 7) is 2.83. The Hall–Kier alpha value is -2.53. The lowest BCUT2D eigenvalue weighted by Gasteiger charge is -2.13. The molecular formula is C21H20N2O2S. The molecule has 0 aliphatic carbocycles. The normalized spacial score (nSPS) is 12.8. The summed E-state index contributed by atoms with van der Waals surface area (Å²) in [5.41, 5.74) is 2.94. The third-order valence-corrected chi connectivity index (χ3v) is 5.46. The molecule has 132 valence electrons. The van der Waals surface area contributed by atoms with Crippen LogP contribution in [0.3, 0.4) is 0 Å². The number of rotatable bonds is 5. The average molecular weight is 364 g/mol. The highest BCUT2D eigenvalue weighted by Crippen LogP contribution is 2.29. The lowest BCUT2D eigenvalue weighted by atomic mass is 10.1. The molecule has 0 spiro atoms. The highest BCUT2D eigenvalue weighted by atomic mass is 32.2. The molecule has 4 nitrogen and oxygen atoms in total. The third-order valence-electron chi connectivity index (χ3n) is 4.51. The van der Waals surface area contributed by atoms with Crippen molar-refractivity contribution in [2.24, 2.45) is 0 Å². The van der Waals surface area contributed by atoms with Gasteiger partial charge in [-0.05, 0) is 29.7 Å². The fourth-order valence-corrected chi connectivity index (χ4v) is 3.97. The number of aromatic nitrogens is 2. The number of fused-ring (bicyclic) bond motifs is 1. The van der Waals surface area contributed by atoms with Crippen LogP contribution in [-0.2, 0) is 19.4 Å². The quantitative estimate of drug-likeness (QED) is 0.634. The number of benzene rings is 2. The second kappa shape index (κ2) is 7.38. The van der Waals surface area contributed by atoms with Crippen LogP contribution >= 0.6 is 11.8 Å². The van der Waals surface area contributed by atoms with Gasteiger partial charge in [-0.25, -0.2) is 0 Å². The summed E-state index contributed by atoms with van der Waals surface area (Å²) >= 11 is 1.60. The summed E-state index contributed by atoms with van der Waals surface area (Å²) in [5.74, 6) is 2.00. The molecule has 0 fully saturated rings. The Bertz CT molecular complexity index is 966. The Morgan fingerprint density at radius 1 is 1.08 bits per heavy atom. The van der Waals surface area contributed by atoms with Crippen LogP contribution in [-0.4, -0.2) is 15.3 Å². The molecule has 0 saturated carbocycles. The first-order valence-corrected chi connectivity index (χ1v) is 9.80. The van der Waals surface area contributed by atoms with E-state index >= 15 is 0 Å². The molecule has 4 rings (SSSR count). The van der Waals surface area contributed by atoms with Crippen molar-refractivity contribution in [2.45, 2.75) is 31.5 Å². The highest BCUT2D eigenvalue weighted by molar-refractivity contribution is 7.99. The summed E-state index contributed by atoms with van der Waals surface area (Å²) in [6, 6.07) is 17.9. The van der Waals surface area contributed by atoms with Crippen LogP contribution in [0.2, 0.25) is 0 Å². The van der Waals surface area contributed by atoms with Gasteiger partial charge >= 0.3 is 0 Å². The van der Waals surface area contributed by atoms with Gasteiger partial charge in [0.2, 0.25) is 5.88 Å². The number of thioether (sulfide) groups is 1. The van der Waals surface area contributed by atoms with Gasteiger partial charge in [0.15, 0.2) is 5.16 Å². The number of ether oxygens (including phenoxy) is 1. The van der Waals surface area contributed by atoms with Gasteiger partial charge in [-0.1, -0.05) is 61.2 Å². The standard InChI is InChI=1S/C21H20N2O2S/c1-2-15-8-10-17(11-9-15)25-19-18(14-16-6-4-3-5-7-16)20(24)23-12-13-26-21(23)22-19/h3-11H,2,12-14H2,1H3. The molecule has 1 aliphatic heterocycles. The van der Waals surface area contributed by atoms with Crippen molar-refractivity contribution < 1.29 is 4.74 Å². The van der Waals surface area contributed by atoms with Crippen LogP contribution in [0.15, 0.2) is 64.5 Å². The molecule has 0 unspecified atom stereocenters. The molecule has 1 aliphatic rings. The van der Waals surface area contributed by atoms with E-state index in [0.717, 1.165) is 22.9 Å². The Balaban J connectivity index is 1.74. The Morgan fingerprint density at radius 3 is 2.58 bits per heavy atom. The Kier molecular flexibility index (Phi) is 4.80. The van der Waals surface area contributed by atoms with Crippen LogP contribution in [0.25, 0.3) is 0 Å². The van der Waals surface area contributed by atoms with E-state index in [1.54, 1.807) is 16.3 Å². The maximum atomic E-state index is 13.0. The lowest BCUT2D eigenvalue weighted by molar-refractivity contribution is 0.439. The Labute approximate surface area is 156 Å². The molecule has 1 aromatic heterocycles. The fourth-order valence-electron chi connectivity index (χ4n) is 3.03. The monoisotopic (exact) mass is 364 g/mol. The topological polar surface area (TPSA) is 44.1 Å². The maximum absolute atomic E-state index is 13.0. The molecule has 26 heavy (non-hydrogen) atoms. The first-order chi connectivity index (χ1) is 12.7. The van der Waals surface area contributed by atoms with Crippen LogP contribution in [0, 0.1) is 0 Å². The van der Waals surface area contributed by atoms with Gasteiger partial charge in [-0.3, -0.25) is 9.36 Å². The van der Waals surface area contributed by atoms with Crippen LogP contribution in [0.4, 0.5) is 0 Å². The van der Waals surface area contributed by atoms with E-state index in [0.29, 0.717) is 30.2 Å². The van der Waals surface area contributed by atoms with Gasteiger partial charge in [0.05, 0.1) is 5.56 Å². The zero-order valence-corrected chi connectivity index (χ0v) is 15.5. The molecule has 2 heterocycles. The average Bonchev–Trinajstić information content (AvgIpc) is 3.15. The summed E-state index contributed by atoms with van der Waals surface area (Å²) in [4.78, 5) is 17.7. The summed E-state index contributed by atoms with van der Waals surface area (Å²) < 4.78 is 7.81. The minimum atomic E-state index is 0.00373.